The van der Waals surface area contributed by atoms with Gasteiger partial charge in [0.05, 0.1) is 13.7 Å². The maximum absolute atomic E-state index is 5.17. The number of rotatable bonds is 6. The van der Waals surface area contributed by atoms with Crippen molar-refractivity contribution >= 4 is 5.95 Å². The molecule has 0 spiro atoms. The molecule has 3 rings (SSSR count). The molecule has 2 aromatic rings. The van der Waals surface area contributed by atoms with Gasteiger partial charge in [-0.2, -0.15) is 9.97 Å². The summed E-state index contributed by atoms with van der Waals surface area (Å²) in [5, 5.41) is 7.40. The van der Waals surface area contributed by atoms with Gasteiger partial charge in [0.1, 0.15) is 0 Å². The lowest BCUT2D eigenvalue weighted by Crippen LogP contribution is -2.42. The maximum atomic E-state index is 5.17. The van der Waals surface area contributed by atoms with Gasteiger partial charge < -0.3 is 14.6 Å². The van der Waals surface area contributed by atoms with Crippen LogP contribution in [-0.4, -0.2) is 51.2 Å². The van der Waals surface area contributed by atoms with Crippen LogP contribution < -0.4 is 10.1 Å². The molecule has 8 heteroatoms. The van der Waals surface area contributed by atoms with E-state index in [1.165, 1.54) is 0 Å². The number of ether oxygens (including phenoxy) is 1. The van der Waals surface area contributed by atoms with Crippen molar-refractivity contribution in [1.82, 2.24) is 25.0 Å². The number of anilines is 1. The lowest BCUT2D eigenvalue weighted by atomic mass is 10.1. The highest BCUT2D eigenvalue weighted by atomic mass is 16.5. The predicted molar refractivity (Wildman–Crippen MR) is 84.2 cm³/mol. The van der Waals surface area contributed by atoms with E-state index >= 15 is 0 Å². The summed E-state index contributed by atoms with van der Waals surface area (Å²) in [5.41, 5.74) is 0. The molecule has 1 saturated heterocycles. The number of aromatic nitrogens is 4. The summed E-state index contributed by atoms with van der Waals surface area (Å²) < 4.78 is 10.3. The second-order valence-corrected chi connectivity index (χ2v) is 5.60. The standard InChI is InChI=1S/C15H22N6O2/c1-3-13-18-12(20-23-13)10-21-8-4-5-11(9-21)17-15-16-7-6-14(19-15)22-2/h6-7,11H,3-5,8-10H2,1-2H3,(H,16,17,19)/t11-/m1/s1. The summed E-state index contributed by atoms with van der Waals surface area (Å²) in [6.07, 6.45) is 4.66. The molecule has 23 heavy (non-hydrogen) atoms. The van der Waals surface area contributed by atoms with Crippen molar-refractivity contribution in [1.29, 1.82) is 0 Å². The third kappa shape index (κ3) is 4.16. The van der Waals surface area contributed by atoms with Gasteiger partial charge in [-0.1, -0.05) is 12.1 Å². The molecule has 3 heterocycles. The zero-order chi connectivity index (χ0) is 16.1. The Morgan fingerprint density at radius 2 is 2.35 bits per heavy atom. The molecular formula is C15H22N6O2. The van der Waals surface area contributed by atoms with Crippen molar-refractivity contribution in [2.75, 3.05) is 25.5 Å². The zero-order valence-electron chi connectivity index (χ0n) is 13.5. The summed E-state index contributed by atoms with van der Waals surface area (Å²) in [6.45, 7) is 4.65. The van der Waals surface area contributed by atoms with Gasteiger partial charge in [-0.3, -0.25) is 4.90 Å². The SMILES string of the molecule is CCc1nc(CN2CCC[C@@H](Nc3nccc(OC)n3)C2)no1. The van der Waals surface area contributed by atoms with Crippen LogP contribution in [0, 0.1) is 0 Å². The van der Waals surface area contributed by atoms with Crippen molar-refractivity contribution in [2.45, 2.75) is 38.8 Å². The van der Waals surface area contributed by atoms with E-state index < -0.39 is 0 Å². The van der Waals surface area contributed by atoms with Crippen LogP contribution in [0.25, 0.3) is 0 Å². The Kier molecular flexibility index (Phi) is 5.02. The highest BCUT2D eigenvalue weighted by molar-refractivity contribution is 5.29. The van der Waals surface area contributed by atoms with Crippen LogP contribution in [0.3, 0.4) is 0 Å². The zero-order valence-corrected chi connectivity index (χ0v) is 13.5. The molecule has 0 saturated carbocycles. The Labute approximate surface area is 135 Å². The first-order valence-corrected chi connectivity index (χ1v) is 7.94. The van der Waals surface area contributed by atoms with Gasteiger partial charge in [0, 0.05) is 31.3 Å². The van der Waals surface area contributed by atoms with E-state index in [1.54, 1.807) is 19.4 Å². The van der Waals surface area contributed by atoms with Crippen molar-refractivity contribution in [2.24, 2.45) is 0 Å². The molecule has 124 valence electrons. The van der Waals surface area contributed by atoms with Gasteiger partial charge in [-0.15, -0.1) is 0 Å². The Bertz CT molecular complexity index is 632. The summed E-state index contributed by atoms with van der Waals surface area (Å²) in [6, 6.07) is 2.04. The minimum atomic E-state index is 0.299. The second kappa shape index (κ2) is 7.36. The first kappa shape index (κ1) is 15.7. The van der Waals surface area contributed by atoms with Gasteiger partial charge in [-0.05, 0) is 19.4 Å². The van der Waals surface area contributed by atoms with Crippen LogP contribution >= 0.6 is 0 Å². The number of piperidine rings is 1. The van der Waals surface area contributed by atoms with Crippen molar-refractivity contribution < 1.29 is 9.26 Å². The van der Waals surface area contributed by atoms with Crippen molar-refractivity contribution in [3.8, 4) is 5.88 Å². The molecule has 1 fully saturated rings. The van der Waals surface area contributed by atoms with E-state index in [2.05, 4.69) is 30.3 Å². The summed E-state index contributed by atoms with van der Waals surface area (Å²) in [5.74, 6) is 2.61. The molecule has 0 bridgehead atoms. The molecule has 1 aliphatic heterocycles. The molecule has 0 aliphatic carbocycles. The number of aryl methyl sites for hydroxylation is 1. The highest BCUT2D eigenvalue weighted by Crippen LogP contribution is 2.16. The van der Waals surface area contributed by atoms with E-state index in [0.717, 1.165) is 38.2 Å². The Morgan fingerprint density at radius 3 is 3.13 bits per heavy atom. The smallest absolute Gasteiger partial charge is 0.226 e. The van der Waals surface area contributed by atoms with E-state index in [4.69, 9.17) is 9.26 Å². The molecular weight excluding hydrogens is 296 g/mol. The normalized spacial score (nSPS) is 18.8. The van der Waals surface area contributed by atoms with Gasteiger partial charge in [0.15, 0.2) is 5.82 Å². The number of likely N-dealkylation sites (tertiary alicyclic amines) is 1. The fourth-order valence-electron chi connectivity index (χ4n) is 2.72. The molecule has 0 radical (unpaired) electrons. The van der Waals surface area contributed by atoms with E-state index in [1.807, 2.05) is 6.92 Å². The van der Waals surface area contributed by atoms with Crippen LogP contribution in [0.15, 0.2) is 16.8 Å². The van der Waals surface area contributed by atoms with Gasteiger partial charge in [-0.25, -0.2) is 4.98 Å². The molecule has 1 atom stereocenters. The van der Waals surface area contributed by atoms with Crippen LogP contribution in [0.2, 0.25) is 0 Å². The molecule has 2 aromatic heterocycles. The van der Waals surface area contributed by atoms with Gasteiger partial charge in [0.25, 0.3) is 0 Å². The van der Waals surface area contributed by atoms with Crippen LogP contribution in [0.1, 0.15) is 31.5 Å². The largest absolute Gasteiger partial charge is 0.481 e. The number of methoxy groups -OCH3 is 1. The summed E-state index contributed by atoms with van der Waals surface area (Å²) in [4.78, 5) is 15.2. The minimum absolute atomic E-state index is 0.299. The average Bonchev–Trinajstić information content (AvgIpc) is 3.03. The molecule has 0 unspecified atom stereocenters. The van der Waals surface area contributed by atoms with Crippen molar-refractivity contribution in [3.63, 3.8) is 0 Å². The van der Waals surface area contributed by atoms with Crippen LogP contribution in [0.4, 0.5) is 5.95 Å². The van der Waals surface area contributed by atoms with Gasteiger partial charge in [0.2, 0.25) is 17.7 Å². The number of hydrogen-bond donors (Lipinski definition) is 1. The number of nitrogens with one attached hydrogen (secondary N) is 1. The first-order valence-electron chi connectivity index (χ1n) is 7.94. The summed E-state index contributed by atoms with van der Waals surface area (Å²) in [7, 11) is 1.60. The Morgan fingerprint density at radius 1 is 1.43 bits per heavy atom. The Hall–Kier alpha value is -2.22. The van der Waals surface area contributed by atoms with Crippen LogP contribution in [-0.2, 0) is 13.0 Å². The number of nitrogens with zero attached hydrogens (tertiary/aromatic N) is 5. The van der Waals surface area contributed by atoms with E-state index in [9.17, 15) is 0 Å². The molecule has 1 aliphatic rings. The topological polar surface area (TPSA) is 89.2 Å². The van der Waals surface area contributed by atoms with E-state index in [-0.39, 0.29) is 0 Å². The lowest BCUT2D eigenvalue weighted by molar-refractivity contribution is 0.201. The fraction of sp³-hybridized carbons (Fsp3) is 0.600. The van der Waals surface area contributed by atoms with Gasteiger partial charge >= 0.3 is 0 Å². The second-order valence-electron chi connectivity index (χ2n) is 5.60. The third-order valence-electron chi connectivity index (χ3n) is 3.86. The van der Waals surface area contributed by atoms with Crippen molar-refractivity contribution in [3.05, 3.63) is 24.0 Å². The van der Waals surface area contributed by atoms with Crippen LogP contribution in [0.5, 0.6) is 5.88 Å². The van der Waals surface area contributed by atoms with E-state index in [0.29, 0.717) is 30.3 Å². The fourth-order valence-corrected chi connectivity index (χ4v) is 2.72. The predicted octanol–water partition coefficient (Wildman–Crippen LogP) is 1.51. The number of hydrogen-bond acceptors (Lipinski definition) is 8. The first-order chi connectivity index (χ1) is 11.3. The monoisotopic (exact) mass is 318 g/mol. The Balaban J connectivity index is 1.57. The third-order valence-corrected chi connectivity index (χ3v) is 3.86. The lowest BCUT2D eigenvalue weighted by Gasteiger charge is -2.32. The highest BCUT2D eigenvalue weighted by Gasteiger charge is 2.22. The maximum Gasteiger partial charge on any atom is 0.226 e. The molecule has 1 N–H and O–H groups in total. The minimum Gasteiger partial charge on any atom is -0.481 e. The molecule has 0 aromatic carbocycles. The molecule has 8 nitrogen and oxygen atoms in total. The average molecular weight is 318 g/mol. The summed E-state index contributed by atoms with van der Waals surface area (Å²) >= 11 is 0. The quantitative estimate of drug-likeness (QED) is 0.857. The molecule has 0 amide bonds.